The fourth-order valence-corrected chi connectivity index (χ4v) is 1.14. The lowest BCUT2D eigenvalue weighted by atomic mass is 9.81. The van der Waals surface area contributed by atoms with Crippen LogP contribution in [0.5, 0.6) is 0 Å². The Labute approximate surface area is 104 Å². The van der Waals surface area contributed by atoms with Crippen molar-refractivity contribution in [1.82, 2.24) is 4.98 Å². The van der Waals surface area contributed by atoms with Crippen LogP contribution in [0.15, 0.2) is 12.3 Å². The van der Waals surface area contributed by atoms with Crippen molar-refractivity contribution in [3.05, 3.63) is 18.2 Å². The molecular weight excluding hydrogens is 242 g/mol. The highest BCUT2D eigenvalue weighted by molar-refractivity contribution is 6.58. The molecule has 1 heterocycles. The number of rotatable bonds is 2. The first-order valence-corrected chi connectivity index (χ1v) is 5.20. The van der Waals surface area contributed by atoms with Crippen molar-refractivity contribution >= 4 is 24.4 Å². The average Bonchev–Trinajstić information content (AvgIpc) is 2.17. The fourth-order valence-electron chi connectivity index (χ4n) is 1.14. The van der Waals surface area contributed by atoms with Crippen molar-refractivity contribution in [2.75, 3.05) is 5.32 Å². The van der Waals surface area contributed by atoms with Gasteiger partial charge in [-0.3, -0.25) is 5.32 Å². The largest absolute Gasteiger partial charge is 0.493 e. The fraction of sp³-hybridized carbons (Fsp3) is 0.400. The van der Waals surface area contributed by atoms with E-state index in [1.807, 2.05) is 0 Å². The number of nitrogens with one attached hydrogen (secondary N) is 1. The normalized spacial score (nSPS) is 11.0. The number of carbonyl (C=O) groups excluding carboxylic acids is 1. The molecule has 0 saturated heterocycles. The topological polar surface area (TPSA) is 91.7 Å². The molecule has 0 aliphatic heterocycles. The highest BCUT2D eigenvalue weighted by Crippen LogP contribution is 2.10. The van der Waals surface area contributed by atoms with Crippen molar-refractivity contribution in [2.24, 2.45) is 0 Å². The van der Waals surface area contributed by atoms with Gasteiger partial charge in [-0.25, -0.2) is 9.78 Å². The minimum absolute atomic E-state index is 0.105. The van der Waals surface area contributed by atoms with E-state index in [4.69, 9.17) is 14.8 Å². The van der Waals surface area contributed by atoms with Gasteiger partial charge >= 0.3 is 13.2 Å². The summed E-state index contributed by atoms with van der Waals surface area (Å²) in [6.45, 7) is 5.08. The third-order valence-electron chi connectivity index (χ3n) is 1.79. The van der Waals surface area contributed by atoms with E-state index in [1.54, 1.807) is 20.8 Å². The van der Waals surface area contributed by atoms with Crippen LogP contribution >= 0.6 is 0 Å². The molecule has 1 rings (SSSR count). The first-order valence-electron chi connectivity index (χ1n) is 5.20. The van der Waals surface area contributed by atoms with Crippen molar-refractivity contribution in [1.29, 1.82) is 0 Å². The molecule has 1 aromatic heterocycles. The molecule has 0 spiro atoms. The van der Waals surface area contributed by atoms with E-state index in [-0.39, 0.29) is 5.69 Å². The molecule has 0 unspecified atom stereocenters. The van der Waals surface area contributed by atoms with E-state index in [1.165, 1.54) is 0 Å². The molecule has 0 radical (unpaired) electrons. The lowest BCUT2D eigenvalue weighted by Gasteiger charge is -2.19. The van der Waals surface area contributed by atoms with Gasteiger partial charge in [-0.15, -0.1) is 0 Å². The molecule has 98 valence electrons. The van der Waals surface area contributed by atoms with Crippen LogP contribution in [0, 0.1) is 5.95 Å². The molecule has 0 aromatic carbocycles. The predicted molar refractivity (Wildman–Crippen MR) is 63.9 cm³/mol. The monoisotopic (exact) mass is 256 g/mol. The summed E-state index contributed by atoms with van der Waals surface area (Å²) in [7, 11) is -2.00. The van der Waals surface area contributed by atoms with Gasteiger partial charge in [0.1, 0.15) is 5.60 Å². The Morgan fingerprint density at radius 2 is 2.11 bits per heavy atom. The van der Waals surface area contributed by atoms with Crippen molar-refractivity contribution in [3.63, 3.8) is 0 Å². The first kappa shape index (κ1) is 14.4. The zero-order chi connectivity index (χ0) is 13.9. The smallest absolute Gasteiger partial charge is 0.444 e. The van der Waals surface area contributed by atoms with Gasteiger partial charge < -0.3 is 14.8 Å². The van der Waals surface area contributed by atoms with Crippen LogP contribution in [0.25, 0.3) is 0 Å². The van der Waals surface area contributed by atoms with E-state index in [0.717, 1.165) is 12.3 Å². The molecule has 0 saturated carbocycles. The van der Waals surface area contributed by atoms with Gasteiger partial charge in [0.15, 0.2) is 0 Å². The number of ether oxygens (including phenoxy) is 1. The summed E-state index contributed by atoms with van der Waals surface area (Å²) in [6.07, 6.45) is 0.305. The zero-order valence-corrected chi connectivity index (χ0v) is 10.3. The molecule has 0 fully saturated rings. The van der Waals surface area contributed by atoms with Gasteiger partial charge in [0.05, 0.1) is 11.9 Å². The maximum atomic E-state index is 13.1. The van der Waals surface area contributed by atoms with Crippen LogP contribution in [0.4, 0.5) is 14.9 Å². The van der Waals surface area contributed by atoms with Crippen LogP contribution in [0.2, 0.25) is 0 Å². The number of aromatic nitrogens is 1. The molecule has 1 aromatic rings. The van der Waals surface area contributed by atoms with Crippen molar-refractivity contribution in [2.45, 2.75) is 26.4 Å². The van der Waals surface area contributed by atoms with Gasteiger partial charge in [-0.05, 0) is 26.8 Å². The van der Waals surface area contributed by atoms with Gasteiger partial charge in [-0.1, -0.05) is 0 Å². The third kappa shape index (κ3) is 4.30. The van der Waals surface area contributed by atoms with E-state index in [9.17, 15) is 9.18 Å². The Morgan fingerprint density at radius 1 is 1.50 bits per heavy atom. The molecule has 0 aliphatic rings. The Balaban J connectivity index is 2.80. The predicted octanol–water partition coefficient (Wildman–Crippen LogP) is 0.247. The number of pyridine rings is 1. The third-order valence-corrected chi connectivity index (χ3v) is 1.79. The molecule has 0 aliphatic carbocycles. The molecular formula is C10H14BFN2O4. The lowest BCUT2D eigenvalue weighted by Crippen LogP contribution is -2.34. The number of anilines is 1. The second-order valence-electron chi connectivity index (χ2n) is 4.60. The Bertz CT molecular complexity index is 448. The summed E-state index contributed by atoms with van der Waals surface area (Å²) in [5, 5.41) is 20.1. The quantitative estimate of drug-likeness (QED) is 0.521. The van der Waals surface area contributed by atoms with Crippen molar-refractivity contribution < 1.29 is 24.0 Å². The second-order valence-corrected chi connectivity index (χ2v) is 4.60. The summed E-state index contributed by atoms with van der Waals surface area (Å²) in [5.74, 6) is -1.01. The van der Waals surface area contributed by atoms with Crippen LogP contribution in [-0.4, -0.2) is 33.8 Å². The summed E-state index contributed by atoms with van der Waals surface area (Å²) >= 11 is 0. The Kier molecular flexibility index (Phi) is 4.26. The van der Waals surface area contributed by atoms with Gasteiger partial charge in [0, 0.05) is 5.46 Å². The molecule has 0 atom stereocenters. The van der Waals surface area contributed by atoms with Gasteiger partial charge in [0.2, 0.25) is 5.95 Å². The SMILES string of the molecule is CC(C)(C)OC(=O)Nc1cnc(F)c(B(O)O)c1. The number of carbonyl (C=O) groups is 1. The van der Waals surface area contributed by atoms with Crippen molar-refractivity contribution in [3.8, 4) is 0 Å². The molecule has 8 heteroatoms. The van der Waals surface area contributed by atoms with E-state index >= 15 is 0 Å². The zero-order valence-electron chi connectivity index (χ0n) is 10.3. The summed E-state index contributed by atoms with van der Waals surface area (Å²) in [5.41, 5.74) is -0.992. The van der Waals surface area contributed by atoms with E-state index in [0.29, 0.717) is 0 Å². The minimum atomic E-state index is -2.00. The summed E-state index contributed by atoms with van der Waals surface area (Å²) in [6, 6.07) is 1.07. The minimum Gasteiger partial charge on any atom is -0.444 e. The van der Waals surface area contributed by atoms with Crippen LogP contribution in [0.3, 0.4) is 0 Å². The number of nitrogens with zero attached hydrogens (tertiary/aromatic N) is 1. The Morgan fingerprint density at radius 3 is 2.61 bits per heavy atom. The molecule has 1 amide bonds. The maximum Gasteiger partial charge on any atom is 0.493 e. The molecule has 18 heavy (non-hydrogen) atoms. The molecule has 0 bridgehead atoms. The maximum absolute atomic E-state index is 13.1. The highest BCUT2D eigenvalue weighted by atomic mass is 19.1. The second kappa shape index (κ2) is 5.32. The number of hydrogen-bond acceptors (Lipinski definition) is 5. The number of amides is 1. The highest BCUT2D eigenvalue weighted by Gasteiger charge is 2.20. The van der Waals surface area contributed by atoms with Gasteiger partial charge in [-0.2, -0.15) is 4.39 Å². The van der Waals surface area contributed by atoms with Gasteiger partial charge in [0.25, 0.3) is 0 Å². The standard InChI is InChI=1S/C10H14BFN2O4/c1-10(2,3)18-9(15)14-6-4-7(11(16)17)8(12)13-5-6/h4-5,16-17H,1-3H3,(H,14,15). The van der Waals surface area contributed by atoms with E-state index in [2.05, 4.69) is 10.3 Å². The van der Waals surface area contributed by atoms with E-state index < -0.39 is 30.2 Å². The summed E-state index contributed by atoms with van der Waals surface area (Å²) < 4.78 is 18.0. The molecule has 6 nitrogen and oxygen atoms in total. The first-order chi connectivity index (χ1) is 8.19. The Hall–Kier alpha value is -1.67. The molecule has 3 N–H and O–H groups in total. The summed E-state index contributed by atoms with van der Waals surface area (Å²) in [4.78, 5) is 14.7. The number of hydrogen-bond donors (Lipinski definition) is 3. The van der Waals surface area contributed by atoms with Crippen LogP contribution in [0.1, 0.15) is 20.8 Å². The average molecular weight is 256 g/mol. The number of halogens is 1. The van der Waals surface area contributed by atoms with Crippen LogP contribution in [-0.2, 0) is 4.74 Å². The lowest BCUT2D eigenvalue weighted by molar-refractivity contribution is 0.0636. The van der Waals surface area contributed by atoms with Crippen LogP contribution < -0.4 is 10.8 Å².